The van der Waals surface area contributed by atoms with Crippen LogP contribution in [0, 0.1) is 29.6 Å². The number of carbonyl (C=O) groups is 2. The van der Waals surface area contributed by atoms with E-state index in [1.807, 2.05) is 11.0 Å². The van der Waals surface area contributed by atoms with Crippen molar-refractivity contribution < 1.29 is 27.6 Å². The lowest BCUT2D eigenvalue weighted by Crippen LogP contribution is -2.50. The second kappa shape index (κ2) is 9.59. The van der Waals surface area contributed by atoms with Gasteiger partial charge < -0.3 is 4.90 Å². The predicted molar refractivity (Wildman–Crippen MR) is 117 cm³/mol. The molecule has 8 nitrogen and oxygen atoms in total. The summed E-state index contributed by atoms with van der Waals surface area (Å²) in [5, 5.41) is 8.91. The van der Waals surface area contributed by atoms with Crippen molar-refractivity contribution in [1.82, 2.24) is 15.3 Å². The van der Waals surface area contributed by atoms with Gasteiger partial charge >= 0.3 is 0 Å². The van der Waals surface area contributed by atoms with E-state index in [1.54, 1.807) is 0 Å². The summed E-state index contributed by atoms with van der Waals surface area (Å²) in [6.07, 6.45) is 0.773. The van der Waals surface area contributed by atoms with E-state index in [-0.39, 0.29) is 31.5 Å². The summed E-state index contributed by atoms with van der Waals surface area (Å²) in [6, 6.07) is 1.81. The highest BCUT2D eigenvalue weighted by molar-refractivity contribution is 7.92. The average Bonchev–Trinajstić information content (AvgIpc) is 3.24. The molecule has 2 aliphatic heterocycles. The van der Waals surface area contributed by atoms with Crippen molar-refractivity contribution in [3.63, 3.8) is 0 Å². The van der Waals surface area contributed by atoms with E-state index in [4.69, 9.17) is 5.21 Å². The summed E-state index contributed by atoms with van der Waals surface area (Å²) in [6.45, 7) is 3.17. The fourth-order valence-corrected chi connectivity index (χ4v) is 5.36. The smallest absolute Gasteiger partial charge is 0.264 e. The molecule has 3 rings (SSSR count). The van der Waals surface area contributed by atoms with Crippen molar-refractivity contribution in [3.8, 4) is 23.7 Å². The molecule has 3 heterocycles. The van der Waals surface area contributed by atoms with Gasteiger partial charge in [-0.2, -0.15) is 0 Å². The number of carbonyl (C=O) groups excluding carboxylic acids is 2. The lowest BCUT2D eigenvalue weighted by atomic mass is 10.0. The van der Waals surface area contributed by atoms with Crippen LogP contribution in [0.2, 0.25) is 0 Å². The molecule has 2 aliphatic rings. The molecule has 172 valence electrons. The maximum Gasteiger partial charge on any atom is 0.264 e. The van der Waals surface area contributed by atoms with Gasteiger partial charge in [-0.15, -0.1) is 11.3 Å². The zero-order valence-electron chi connectivity index (χ0n) is 17.8. The molecule has 0 aromatic carbocycles. The first-order valence-corrected chi connectivity index (χ1v) is 12.7. The second-order valence-corrected chi connectivity index (χ2v) is 11.5. The number of nitrogens with one attached hydrogen (secondary N) is 1. The van der Waals surface area contributed by atoms with Crippen LogP contribution in [-0.4, -0.2) is 79.1 Å². The van der Waals surface area contributed by atoms with E-state index >= 15 is 0 Å². The fourth-order valence-electron chi connectivity index (χ4n) is 3.52. The number of nitrogens with zero attached hydrogens (tertiary/aromatic N) is 2. The highest BCUT2D eigenvalue weighted by Crippen LogP contribution is 2.32. The number of halogens is 1. The minimum Gasteiger partial charge on any atom is -0.333 e. The number of amides is 2. The molecule has 11 heteroatoms. The molecule has 0 radical (unpaired) electrons. The van der Waals surface area contributed by atoms with Crippen molar-refractivity contribution in [2.24, 2.45) is 5.92 Å². The summed E-state index contributed by atoms with van der Waals surface area (Å²) in [7, 11) is -3.83. The highest BCUT2D eigenvalue weighted by atomic mass is 32.2. The molecule has 1 aromatic heterocycles. The van der Waals surface area contributed by atoms with E-state index in [2.05, 4.69) is 23.7 Å². The van der Waals surface area contributed by atoms with E-state index in [9.17, 15) is 22.4 Å². The number of alkyl halides is 1. The van der Waals surface area contributed by atoms with Crippen LogP contribution in [0.5, 0.6) is 0 Å². The van der Waals surface area contributed by atoms with Gasteiger partial charge in [-0.3, -0.25) is 19.7 Å². The molecule has 1 saturated heterocycles. The summed E-state index contributed by atoms with van der Waals surface area (Å²) < 4.78 is 34.5. The Morgan fingerprint density at radius 3 is 2.69 bits per heavy atom. The highest BCUT2D eigenvalue weighted by Gasteiger charge is 2.44. The predicted octanol–water partition coefficient (Wildman–Crippen LogP) is 0.659. The van der Waals surface area contributed by atoms with Gasteiger partial charge in [-0.1, -0.05) is 5.92 Å². The monoisotopic (exact) mass is 481 g/mol. The van der Waals surface area contributed by atoms with Gasteiger partial charge in [0, 0.05) is 44.9 Å². The fraction of sp³-hybridized carbons (Fsp3) is 0.524. The number of fused-ring (bicyclic) bond motifs is 1. The summed E-state index contributed by atoms with van der Waals surface area (Å²) in [5.41, 5.74) is 2.20. The van der Waals surface area contributed by atoms with Crippen LogP contribution in [-0.2, 0) is 21.2 Å². The van der Waals surface area contributed by atoms with Crippen molar-refractivity contribution in [2.75, 3.05) is 39.1 Å². The van der Waals surface area contributed by atoms with Crippen LogP contribution in [0.3, 0.4) is 0 Å². The first kappa shape index (κ1) is 24.2. The van der Waals surface area contributed by atoms with Gasteiger partial charge in [0.15, 0.2) is 14.6 Å². The molecule has 1 unspecified atom stereocenters. The van der Waals surface area contributed by atoms with E-state index in [0.29, 0.717) is 22.8 Å². The first-order chi connectivity index (χ1) is 15.1. The minimum atomic E-state index is -3.83. The zero-order chi connectivity index (χ0) is 23.5. The molecule has 1 fully saturated rings. The van der Waals surface area contributed by atoms with Crippen LogP contribution in [0.4, 0.5) is 4.39 Å². The number of likely N-dealkylation sites (tertiary alicyclic amines) is 1. The number of hydroxylamine groups is 1. The average molecular weight is 482 g/mol. The van der Waals surface area contributed by atoms with Crippen LogP contribution in [0.25, 0.3) is 0 Å². The Kier molecular flexibility index (Phi) is 7.25. The zero-order valence-corrected chi connectivity index (χ0v) is 19.4. The lowest BCUT2D eigenvalue weighted by molar-refractivity contribution is -0.131. The van der Waals surface area contributed by atoms with E-state index in [1.165, 1.54) is 28.6 Å². The van der Waals surface area contributed by atoms with Gasteiger partial charge in [0.25, 0.3) is 11.8 Å². The maximum absolute atomic E-state index is 12.7. The van der Waals surface area contributed by atoms with Crippen LogP contribution >= 0.6 is 11.3 Å². The summed E-state index contributed by atoms with van der Waals surface area (Å²) in [4.78, 5) is 29.3. The molecule has 2 N–H and O–H groups in total. The van der Waals surface area contributed by atoms with Crippen molar-refractivity contribution in [2.45, 2.75) is 24.6 Å². The third-order valence-electron chi connectivity index (χ3n) is 5.79. The van der Waals surface area contributed by atoms with Crippen LogP contribution in [0.1, 0.15) is 33.5 Å². The Hall–Kier alpha value is -2.44. The molecule has 0 bridgehead atoms. The normalized spacial score (nSPS) is 18.0. The number of rotatable bonds is 7. The summed E-state index contributed by atoms with van der Waals surface area (Å²) in [5.74, 6) is 10.5. The largest absolute Gasteiger partial charge is 0.333 e. The first-order valence-electron chi connectivity index (χ1n) is 9.95. The van der Waals surface area contributed by atoms with Crippen molar-refractivity contribution in [1.29, 1.82) is 0 Å². The molecule has 0 saturated carbocycles. The van der Waals surface area contributed by atoms with E-state index in [0.717, 1.165) is 24.9 Å². The Morgan fingerprint density at radius 1 is 1.38 bits per heavy atom. The topological polar surface area (TPSA) is 107 Å². The molecule has 32 heavy (non-hydrogen) atoms. The molecular formula is C21H24FN3O5S2. The van der Waals surface area contributed by atoms with E-state index < -0.39 is 20.5 Å². The molecule has 1 aromatic rings. The molecule has 0 spiro atoms. The number of hydrogen-bond acceptors (Lipinski definition) is 7. The van der Waals surface area contributed by atoms with Crippen LogP contribution < -0.4 is 5.48 Å². The number of thiophene rings is 1. The third kappa shape index (κ3) is 4.97. The third-order valence-corrected chi connectivity index (χ3v) is 8.90. The van der Waals surface area contributed by atoms with Gasteiger partial charge in [-0.05, 0) is 42.7 Å². The standard InChI is InChI=1S/C21H24FN3O5S2/c1-21(20(27)23-28,32(2,29)30)7-9-25-14-16-11-17(31-18(16)19(25)26)6-4-3-5-15-12-24(13-15)10-8-22/h11,15,28H,7-10,12-14H2,1-2H3,(H,23,27). The number of sulfone groups is 1. The molecule has 1 atom stereocenters. The maximum atomic E-state index is 12.7. The van der Waals surface area contributed by atoms with Gasteiger partial charge in [0.1, 0.15) is 6.67 Å². The molecule has 0 aliphatic carbocycles. The van der Waals surface area contributed by atoms with Crippen molar-refractivity contribution >= 4 is 33.0 Å². The second-order valence-electron chi connectivity index (χ2n) is 8.05. The minimum absolute atomic E-state index is 0.0462. The van der Waals surface area contributed by atoms with Crippen molar-refractivity contribution in [3.05, 3.63) is 21.4 Å². The Bertz CT molecular complexity index is 1140. The summed E-state index contributed by atoms with van der Waals surface area (Å²) >= 11 is 1.25. The van der Waals surface area contributed by atoms with Crippen LogP contribution in [0.15, 0.2) is 6.07 Å². The Balaban J connectivity index is 1.58. The Labute approximate surface area is 190 Å². The van der Waals surface area contributed by atoms with Gasteiger partial charge in [0.2, 0.25) is 0 Å². The van der Waals surface area contributed by atoms with Gasteiger partial charge in [-0.25, -0.2) is 18.3 Å². The van der Waals surface area contributed by atoms with Gasteiger partial charge in [0.05, 0.1) is 9.75 Å². The molecule has 2 amide bonds. The molecular weight excluding hydrogens is 457 g/mol. The SMILES string of the molecule is CC(CCN1Cc2cc(C#CC#CC3CN(CCF)C3)sc2C1=O)(C(=O)NO)S(C)(=O)=O. The number of hydrogen-bond donors (Lipinski definition) is 2. The lowest BCUT2D eigenvalue weighted by Gasteiger charge is -2.35. The Morgan fingerprint density at radius 2 is 2.09 bits per heavy atom. The quantitative estimate of drug-likeness (QED) is 0.337.